The van der Waals surface area contributed by atoms with Crippen molar-refractivity contribution in [2.24, 2.45) is 5.92 Å². The maximum atomic E-state index is 4.53. The van der Waals surface area contributed by atoms with Gasteiger partial charge in [0.15, 0.2) is 0 Å². The van der Waals surface area contributed by atoms with Crippen LogP contribution in [0.2, 0.25) is 0 Å². The first-order valence-electron chi connectivity index (χ1n) is 7.38. The standard InChI is InChI=1S/C17H22N2/c1-13-4-8-16-11-15(7-9-17(16)19-13)12-18-10-2-3-14-5-6-14/h4,7-9,11,14,18H,2-3,5-6,10,12H2,1H3. The Kier molecular flexibility index (Phi) is 3.79. The van der Waals surface area contributed by atoms with Gasteiger partial charge in [-0.05, 0) is 56.0 Å². The van der Waals surface area contributed by atoms with E-state index in [0.717, 1.165) is 30.2 Å². The van der Waals surface area contributed by atoms with Crippen molar-refractivity contribution in [3.63, 3.8) is 0 Å². The molecule has 1 aliphatic carbocycles. The predicted octanol–water partition coefficient (Wildman–Crippen LogP) is 3.82. The van der Waals surface area contributed by atoms with Gasteiger partial charge in [0.25, 0.3) is 0 Å². The lowest BCUT2D eigenvalue weighted by Crippen LogP contribution is -2.14. The van der Waals surface area contributed by atoms with E-state index in [1.165, 1.54) is 36.6 Å². The summed E-state index contributed by atoms with van der Waals surface area (Å²) in [5, 5.41) is 4.78. The van der Waals surface area contributed by atoms with E-state index in [0.29, 0.717) is 0 Å². The molecule has 2 nitrogen and oxygen atoms in total. The molecule has 0 bridgehead atoms. The molecule has 1 aromatic heterocycles. The normalized spacial score (nSPS) is 15.0. The maximum absolute atomic E-state index is 4.53. The molecule has 1 fully saturated rings. The number of benzene rings is 1. The van der Waals surface area contributed by atoms with Gasteiger partial charge in [0.2, 0.25) is 0 Å². The van der Waals surface area contributed by atoms with Crippen molar-refractivity contribution in [3.05, 3.63) is 41.6 Å². The van der Waals surface area contributed by atoms with Crippen molar-refractivity contribution >= 4 is 10.9 Å². The molecule has 100 valence electrons. The summed E-state index contributed by atoms with van der Waals surface area (Å²) < 4.78 is 0. The van der Waals surface area contributed by atoms with Gasteiger partial charge in [-0.3, -0.25) is 4.98 Å². The number of aryl methyl sites for hydroxylation is 1. The summed E-state index contributed by atoms with van der Waals surface area (Å²) in [5.41, 5.74) is 3.53. The van der Waals surface area contributed by atoms with Crippen LogP contribution in [-0.2, 0) is 6.54 Å². The minimum absolute atomic E-state index is 0.967. The largest absolute Gasteiger partial charge is 0.313 e. The van der Waals surface area contributed by atoms with Crippen LogP contribution in [0.25, 0.3) is 10.9 Å². The van der Waals surface area contributed by atoms with E-state index in [1.54, 1.807) is 0 Å². The highest BCUT2D eigenvalue weighted by atomic mass is 14.8. The van der Waals surface area contributed by atoms with Crippen molar-refractivity contribution in [3.8, 4) is 0 Å². The quantitative estimate of drug-likeness (QED) is 0.793. The second-order valence-electron chi connectivity index (χ2n) is 5.74. The van der Waals surface area contributed by atoms with E-state index in [1.807, 2.05) is 6.92 Å². The molecule has 1 saturated carbocycles. The van der Waals surface area contributed by atoms with Crippen molar-refractivity contribution in [2.45, 2.75) is 39.2 Å². The minimum Gasteiger partial charge on any atom is -0.313 e. The molecule has 0 radical (unpaired) electrons. The van der Waals surface area contributed by atoms with Crippen LogP contribution in [-0.4, -0.2) is 11.5 Å². The van der Waals surface area contributed by atoms with Gasteiger partial charge >= 0.3 is 0 Å². The third-order valence-corrected chi connectivity index (χ3v) is 3.88. The van der Waals surface area contributed by atoms with E-state index >= 15 is 0 Å². The fourth-order valence-electron chi connectivity index (χ4n) is 2.54. The summed E-state index contributed by atoms with van der Waals surface area (Å²) in [5.74, 6) is 1.05. The Bertz CT molecular complexity index is 558. The summed E-state index contributed by atoms with van der Waals surface area (Å²) in [4.78, 5) is 4.53. The average molecular weight is 254 g/mol. The average Bonchev–Trinajstić information content (AvgIpc) is 3.22. The Morgan fingerprint density at radius 3 is 2.95 bits per heavy atom. The van der Waals surface area contributed by atoms with Crippen molar-refractivity contribution in [1.29, 1.82) is 0 Å². The number of nitrogens with zero attached hydrogens (tertiary/aromatic N) is 1. The third-order valence-electron chi connectivity index (χ3n) is 3.88. The van der Waals surface area contributed by atoms with Crippen LogP contribution in [0.15, 0.2) is 30.3 Å². The number of fused-ring (bicyclic) bond motifs is 1. The van der Waals surface area contributed by atoms with Crippen molar-refractivity contribution < 1.29 is 0 Å². The topological polar surface area (TPSA) is 24.9 Å². The van der Waals surface area contributed by atoms with Crippen LogP contribution in [0.3, 0.4) is 0 Å². The fourth-order valence-corrected chi connectivity index (χ4v) is 2.54. The van der Waals surface area contributed by atoms with E-state index in [2.05, 4.69) is 40.6 Å². The highest BCUT2D eigenvalue weighted by Crippen LogP contribution is 2.33. The van der Waals surface area contributed by atoms with Crippen LogP contribution in [0.1, 0.15) is 36.9 Å². The summed E-state index contributed by atoms with van der Waals surface area (Å²) >= 11 is 0. The first kappa shape index (κ1) is 12.6. The second-order valence-corrected chi connectivity index (χ2v) is 5.74. The number of aromatic nitrogens is 1. The zero-order chi connectivity index (χ0) is 13.1. The van der Waals surface area contributed by atoms with Gasteiger partial charge in [-0.2, -0.15) is 0 Å². The number of pyridine rings is 1. The number of nitrogens with one attached hydrogen (secondary N) is 1. The molecule has 3 rings (SSSR count). The Morgan fingerprint density at radius 1 is 1.21 bits per heavy atom. The van der Waals surface area contributed by atoms with Crippen molar-refractivity contribution in [2.75, 3.05) is 6.54 Å². The molecule has 1 aliphatic rings. The Balaban J connectivity index is 1.53. The first-order valence-corrected chi connectivity index (χ1v) is 7.38. The molecule has 1 N–H and O–H groups in total. The highest BCUT2D eigenvalue weighted by Gasteiger charge is 2.19. The number of hydrogen-bond donors (Lipinski definition) is 1. The van der Waals surface area contributed by atoms with Crippen LogP contribution < -0.4 is 5.32 Å². The molecule has 2 heteroatoms. The van der Waals surface area contributed by atoms with Gasteiger partial charge < -0.3 is 5.32 Å². The molecule has 0 aliphatic heterocycles. The molecule has 0 amide bonds. The Morgan fingerprint density at radius 2 is 2.11 bits per heavy atom. The van der Waals surface area contributed by atoms with Crippen LogP contribution in [0.5, 0.6) is 0 Å². The van der Waals surface area contributed by atoms with Crippen LogP contribution in [0.4, 0.5) is 0 Å². The summed E-state index contributed by atoms with van der Waals surface area (Å²) in [6.07, 6.45) is 5.67. The number of rotatable bonds is 6. The molecule has 0 unspecified atom stereocenters. The zero-order valence-corrected chi connectivity index (χ0v) is 11.7. The monoisotopic (exact) mass is 254 g/mol. The molecular formula is C17H22N2. The van der Waals surface area contributed by atoms with E-state index in [9.17, 15) is 0 Å². The van der Waals surface area contributed by atoms with Gasteiger partial charge in [-0.15, -0.1) is 0 Å². The lowest BCUT2D eigenvalue weighted by atomic mass is 10.1. The lowest BCUT2D eigenvalue weighted by Gasteiger charge is -2.06. The molecule has 0 spiro atoms. The molecule has 0 saturated heterocycles. The smallest absolute Gasteiger partial charge is 0.0705 e. The van der Waals surface area contributed by atoms with E-state index in [4.69, 9.17) is 0 Å². The molecule has 1 aromatic carbocycles. The summed E-state index contributed by atoms with van der Waals surface area (Å²) in [6.45, 7) is 4.14. The third kappa shape index (κ3) is 3.54. The van der Waals surface area contributed by atoms with Gasteiger partial charge in [-0.1, -0.05) is 25.0 Å². The van der Waals surface area contributed by atoms with Gasteiger partial charge in [0.1, 0.15) is 0 Å². The zero-order valence-electron chi connectivity index (χ0n) is 11.7. The first-order chi connectivity index (χ1) is 9.31. The van der Waals surface area contributed by atoms with Gasteiger partial charge in [0, 0.05) is 17.6 Å². The fraction of sp³-hybridized carbons (Fsp3) is 0.471. The number of hydrogen-bond acceptors (Lipinski definition) is 2. The van der Waals surface area contributed by atoms with Gasteiger partial charge in [-0.25, -0.2) is 0 Å². The second kappa shape index (κ2) is 5.70. The maximum Gasteiger partial charge on any atom is 0.0705 e. The van der Waals surface area contributed by atoms with E-state index in [-0.39, 0.29) is 0 Å². The summed E-state index contributed by atoms with van der Waals surface area (Å²) in [6, 6.07) is 10.8. The molecule has 2 aromatic rings. The highest BCUT2D eigenvalue weighted by molar-refractivity contribution is 5.79. The van der Waals surface area contributed by atoms with Crippen molar-refractivity contribution in [1.82, 2.24) is 10.3 Å². The Hall–Kier alpha value is -1.41. The van der Waals surface area contributed by atoms with Crippen LogP contribution in [0, 0.1) is 12.8 Å². The Labute approximate surface area is 115 Å². The predicted molar refractivity (Wildman–Crippen MR) is 80.1 cm³/mol. The molecule has 1 heterocycles. The summed E-state index contributed by atoms with van der Waals surface area (Å²) in [7, 11) is 0. The molecule has 19 heavy (non-hydrogen) atoms. The molecule has 0 atom stereocenters. The lowest BCUT2D eigenvalue weighted by molar-refractivity contribution is 0.594. The molecular weight excluding hydrogens is 232 g/mol. The van der Waals surface area contributed by atoms with E-state index < -0.39 is 0 Å². The SMILES string of the molecule is Cc1ccc2cc(CNCCCC3CC3)ccc2n1. The van der Waals surface area contributed by atoms with Gasteiger partial charge in [0.05, 0.1) is 5.52 Å². The minimum atomic E-state index is 0.967. The van der Waals surface area contributed by atoms with Crippen LogP contribution >= 0.6 is 0 Å².